The monoisotopic (exact) mass is 336 g/mol. The number of nitrogens with one attached hydrogen (secondary N) is 2. The van der Waals surface area contributed by atoms with Gasteiger partial charge in [-0.2, -0.15) is 0 Å². The number of aryl methyl sites for hydroxylation is 1. The Kier molecular flexibility index (Phi) is 5.49. The Balaban J connectivity index is 1.64. The first-order valence-corrected chi connectivity index (χ1v) is 8.91. The van der Waals surface area contributed by atoms with Crippen LogP contribution in [-0.4, -0.2) is 11.8 Å². The molecule has 130 valence electrons. The maximum Gasteiger partial charge on any atom is 0.255 e. The van der Waals surface area contributed by atoms with Crippen molar-refractivity contribution >= 4 is 23.2 Å². The van der Waals surface area contributed by atoms with E-state index in [1.807, 2.05) is 43.3 Å². The van der Waals surface area contributed by atoms with Gasteiger partial charge in [-0.25, -0.2) is 0 Å². The third-order valence-electron chi connectivity index (χ3n) is 4.75. The second kappa shape index (κ2) is 7.97. The number of amides is 2. The van der Waals surface area contributed by atoms with Gasteiger partial charge in [0.05, 0.1) is 0 Å². The van der Waals surface area contributed by atoms with E-state index in [0.29, 0.717) is 5.56 Å². The van der Waals surface area contributed by atoms with Crippen LogP contribution >= 0.6 is 0 Å². The van der Waals surface area contributed by atoms with Crippen molar-refractivity contribution in [2.24, 2.45) is 5.92 Å². The van der Waals surface area contributed by atoms with E-state index in [9.17, 15) is 9.59 Å². The molecular weight excluding hydrogens is 312 g/mol. The average molecular weight is 336 g/mol. The van der Waals surface area contributed by atoms with Gasteiger partial charge in [0.2, 0.25) is 5.91 Å². The first kappa shape index (κ1) is 17.2. The van der Waals surface area contributed by atoms with Crippen LogP contribution in [-0.2, 0) is 4.79 Å². The largest absolute Gasteiger partial charge is 0.326 e. The van der Waals surface area contributed by atoms with Crippen LogP contribution in [0.25, 0.3) is 0 Å². The van der Waals surface area contributed by atoms with Crippen molar-refractivity contribution in [1.29, 1.82) is 0 Å². The van der Waals surface area contributed by atoms with Crippen LogP contribution in [0.1, 0.15) is 48.0 Å². The molecule has 25 heavy (non-hydrogen) atoms. The highest BCUT2D eigenvalue weighted by Crippen LogP contribution is 2.26. The molecule has 0 spiro atoms. The van der Waals surface area contributed by atoms with Gasteiger partial charge < -0.3 is 10.6 Å². The van der Waals surface area contributed by atoms with Crippen LogP contribution in [0.5, 0.6) is 0 Å². The summed E-state index contributed by atoms with van der Waals surface area (Å²) in [6, 6.07) is 14.7. The van der Waals surface area contributed by atoms with E-state index >= 15 is 0 Å². The summed E-state index contributed by atoms with van der Waals surface area (Å²) >= 11 is 0. The van der Waals surface area contributed by atoms with Crippen LogP contribution in [0, 0.1) is 12.8 Å². The molecule has 1 aliphatic carbocycles. The molecule has 1 aliphatic rings. The van der Waals surface area contributed by atoms with Gasteiger partial charge in [0.15, 0.2) is 0 Å². The van der Waals surface area contributed by atoms with E-state index in [1.165, 1.54) is 6.42 Å². The van der Waals surface area contributed by atoms with Crippen molar-refractivity contribution in [2.75, 3.05) is 10.6 Å². The molecule has 0 bridgehead atoms. The summed E-state index contributed by atoms with van der Waals surface area (Å²) in [5.74, 6) is 0.105. The highest BCUT2D eigenvalue weighted by atomic mass is 16.2. The number of rotatable bonds is 4. The zero-order valence-electron chi connectivity index (χ0n) is 14.5. The lowest BCUT2D eigenvalue weighted by atomic mass is 9.88. The molecule has 2 aromatic rings. The fourth-order valence-electron chi connectivity index (χ4n) is 3.27. The molecule has 0 radical (unpaired) electrons. The van der Waals surface area contributed by atoms with Crippen LogP contribution in [0.15, 0.2) is 48.5 Å². The molecule has 2 N–H and O–H groups in total. The maximum absolute atomic E-state index is 12.4. The lowest BCUT2D eigenvalue weighted by Crippen LogP contribution is -2.25. The molecule has 3 rings (SSSR count). The van der Waals surface area contributed by atoms with Crippen LogP contribution in [0.3, 0.4) is 0 Å². The van der Waals surface area contributed by atoms with E-state index in [0.717, 1.165) is 42.6 Å². The topological polar surface area (TPSA) is 58.2 Å². The van der Waals surface area contributed by atoms with Gasteiger partial charge in [-0.15, -0.1) is 0 Å². The molecule has 2 amide bonds. The van der Waals surface area contributed by atoms with E-state index in [-0.39, 0.29) is 17.7 Å². The Hall–Kier alpha value is -2.62. The summed E-state index contributed by atoms with van der Waals surface area (Å²) in [6.45, 7) is 1.94. The first-order valence-electron chi connectivity index (χ1n) is 8.91. The van der Waals surface area contributed by atoms with Gasteiger partial charge in [-0.3, -0.25) is 9.59 Å². The van der Waals surface area contributed by atoms with Gasteiger partial charge in [-0.05, 0) is 55.7 Å². The Morgan fingerprint density at radius 3 is 2.32 bits per heavy atom. The highest BCUT2D eigenvalue weighted by Gasteiger charge is 2.21. The van der Waals surface area contributed by atoms with E-state index < -0.39 is 0 Å². The Morgan fingerprint density at radius 2 is 1.64 bits per heavy atom. The predicted octanol–water partition coefficient (Wildman–Crippen LogP) is 4.77. The number of carbonyl (C=O) groups is 2. The smallest absolute Gasteiger partial charge is 0.255 e. The molecule has 0 aromatic heterocycles. The van der Waals surface area contributed by atoms with Crippen molar-refractivity contribution in [3.8, 4) is 0 Å². The lowest BCUT2D eigenvalue weighted by Gasteiger charge is -2.21. The molecule has 0 heterocycles. The first-order chi connectivity index (χ1) is 12.1. The lowest BCUT2D eigenvalue weighted by molar-refractivity contribution is -0.120. The highest BCUT2D eigenvalue weighted by molar-refractivity contribution is 6.04. The second-order valence-electron chi connectivity index (χ2n) is 6.67. The SMILES string of the molecule is Cc1cc(NC(=O)c2ccccc2)ccc1NC(=O)C1CCCCC1. The van der Waals surface area contributed by atoms with Crippen LogP contribution in [0.4, 0.5) is 11.4 Å². The molecule has 4 nitrogen and oxygen atoms in total. The van der Waals surface area contributed by atoms with Gasteiger partial charge >= 0.3 is 0 Å². The quantitative estimate of drug-likeness (QED) is 0.845. The number of anilines is 2. The Morgan fingerprint density at radius 1 is 0.920 bits per heavy atom. The Labute approximate surface area is 148 Å². The van der Waals surface area contributed by atoms with Gasteiger partial charge in [0.25, 0.3) is 5.91 Å². The molecule has 0 unspecified atom stereocenters. The minimum Gasteiger partial charge on any atom is -0.326 e. The van der Waals surface area contributed by atoms with E-state index in [4.69, 9.17) is 0 Å². The molecular formula is C21H24N2O2. The molecule has 1 saturated carbocycles. The van der Waals surface area contributed by atoms with Crippen LogP contribution < -0.4 is 10.6 Å². The molecule has 2 aromatic carbocycles. The summed E-state index contributed by atoms with van der Waals surface area (Å²) in [5.41, 5.74) is 3.10. The van der Waals surface area contributed by atoms with Crippen molar-refractivity contribution in [3.63, 3.8) is 0 Å². The van der Waals surface area contributed by atoms with Crippen molar-refractivity contribution in [1.82, 2.24) is 0 Å². The second-order valence-corrected chi connectivity index (χ2v) is 6.67. The fraction of sp³-hybridized carbons (Fsp3) is 0.333. The summed E-state index contributed by atoms with van der Waals surface area (Å²) in [4.78, 5) is 24.6. The summed E-state index contributed by atoms with van der Waals surface area (Å²) in [7, 11) is 0. The Bertz CT molecular complexity index is 750. The standard InChI is InChI=1S/C21H24N2O2/c1-15-14-18(22-20(24)16-8-4-2-5-9-16)12-13-19(15)23-21(25)17-10-6-3-7-11-17/h2,4-5,8-9,12-14,17H,3,6-7,10-11H2,1H3,(H,22,24)(H,23,25). The minimum atomic E-state index is -0.140. The summed E-state index contributed by atoms with van der Waals surface area (Å²) < 4.78 is 0. The third kappa shape index (κ3) is 4.47. The number of benzene rings is 2. The number of carbonyl (C=O) groups excluding carboxylic acids is 2. The van der Waals surface area contributed by atoms with E-state index in [2.05, 4.69) is 10.6 Å². The van der Waals surface area contributed by atoms with E-state index in [1.54, 1.807) is 12.1 Å². The van der Waals surface area contributed by atoms with Gasteiger partial charge in [-0.1, -0.05) is 37.5 Å². The summed E-state index contributed by atoms with van der Waals surface area (Å²) in [5, 5.41) is 5.93. The predicted molar refractivity (Wildman–Crippen MR) is 101 cm³/mol. The molecule has 1 fully saturated rings. The van der Waals surface area contributed by atoms with Crippen molar-refractivity contribution in [3.05, 3.63) is 59.7 Å². The van der Waals surface area contributed by atoms with Gasteiger partial charge in [0.1, 0.15) is 0 Å². The zero-order valence-corrected chi connectivity index (χ0v) is 14.5. The third-order valence-corrected chi connectivity index (χ3v) is 4.75. The normalized spacial score (nSPS) is 14.8. The molecule has 0 atom stereocenters. The number of hydrogen-bond donors (Lipinski definition) is 2. The number of hydrogen-bond acceptors (Lipinski definition) is 2. The molecule has 0 saturated heterocycles. The fourth-order valence-corrected chi connectivity index (χ4v) is 3.27. The molecule has 0 aliphatic heterocycles. The minimum absolute atomic E-state index is 0.115. The van der Waals surface area contributed by atoms with Crippen LogP contribution in [0.2, 0.25) is 0 Å². The average Bonchev–Trinajstić information content (AvgIpc) is 2.65. The van der Waals surface area contributed by atoms with Crippen molar-refractivity contribution in [2.45, 2.75) is 39.0 Å². The summed E-state index contributed by atoms with van der Waals surface area (Å²) in [6.07, 6.45) is 5.48. The zero-order chi connectivity index (χ0) is 17.6. The van der Waals surface area contributed by atoms with Gasteiger partial charge in [0, 0.05) is 22.9 Å². The maximum atomic E-state index is 12.4. The van der Waals surface area contributed by atoms with Crippen molar-refractivity contribution < 1.29 is 9.59 Å². The molecule has 4 heteroatoms.